The van der Waals surface area contributed by atoms with Gasteiger partial charge >= 0.3 is 7.12 Å². The maximum atomic E-state index is 11.0. The second-order valence-electron chi connectivity index (χ2n) is 5.37. The Labute approximate surface area is 106 Å². The fraction of sp³-hybridized carbons (Fsp3) is 0.500. The lowest BCUT2D eigenvalue weighted by atomic mass is 9.78. The molecular formula is C12H16BNO4. The van der Waals surface area contributed by atoms with E-state index in [1.807, 2.05) is 27.7 Å². The molecule has 1 aromatic rings. The van der Waals surface area contributed by atoms with Gasteiger partial charge in [-0.2, -0.15) is 0 Å². The molecule has 1 aliphatic heterocycles. The Morgan fingerprint density at radius 1 is 1.28 bits per heavy atom. The van der Waals surface area contributed by atoms with Crippen molar-refractivity contribution in [2.45, 2.75) is 38.9 Å². The first kappa shape index (κ1) is 13.0. The molecule has 0 radical (unpaired) electrons. The molecule has 1 aromatic heterocycles. The van der Waals surface area contributed by atoms with Crippen LogP contribution in [0.15, 0.2) is 12.3 Å². The van der Waals surface area contributed by atoms with Crippen molar-refractivity contribution in [3.05, 3.63) is 18.0 Å². The molecule has 0 spiro atoms. The topological polar surface area (TPSA) is 68.7 Å². The van der Waals surface area contributed by atoms with E-state index in [9.17, 15) is 9.90 Å². The van der Waals surface area contributed by atoms with Gasteiger partial charge in [0, 0.05) is 5.46 Å². The summed E-state index contributed by atoms with van der Waals surface area (Å²) in [6, 6.07) is 1.44. The average Bonchev–Trinajstić information content (AvgIpc) is 2.48. The summed E-state index contributed by atoms with van der Waals surface area (Å²) in [5, 5.41) is 9.46. The summed E-state index contributed by atoms with van der Waals surface area (Å²) in [5.41, 5.74) is -0.331. The van der Waals surface area contributed by atoms with Crippen LogP contribution in [0.1, 0.15) is 38.2 Å². The zero-order valence-corrected chi connectivity index (χ0v) is 10.9. The van der Waals surface area contributed by atoms with Crippen molar-refractivity contribution < 1.29 is 19.2 Å². The highest BCUT2D eigenvalue weighted by Crippen LogP contribution is 2.36. The van der Waals surface area contributed by atoms with Crippen molar-refractivity contribution in [3.63, 3.8) is 0 Å². The van der Waals surface area contributed by atoms with E-state index in [1.54, 1.807) is 0 Å². The number of aromatic nitrogens is 1. The average molecular weight is 249 g/mol. The summed E-state index contributed by atoms with van der Waals surface area (Å²) in [7, 11) is -0.699. The lowest BCUT2D eigenvalue weighted by Crippen LogP contribution is -2.41. The number of carbonyl (C=O) groups excluding carboxylic acids is 1. The van der Waals surface area contributed by atoms with Gasteiger partial charge < -0.3 is 14.4 Å². The molecule has 5 nitrogen and oxygen atoms in total. The molecule has 2 heterocycles. The Balaban J connectivity index is 2.40. The van der Waals surface area contributed by atoms with Crippen molar-refractivity contribution in [2.75, 3.05) is 0 Å². The number of carbonyl (C=O) groups is 1. The van der Waals surface area contributed by atoms with E-state index in [4.69, 9.17) is 9.31 Å². The van der Waals surface area contributed by atoms with E-state index in [0.29, 0.717) is 11.7 Å². The van der Waals surface area contributed by atoms with E-state index in [0.717, 1.165) is 0 Å². The zero-order chi connectivity index (χ0) is 13.6. The minimum absolute atomic E-state index is 0.0229. The minimum atomic E-state index is -0.699. The number of aldehydes is 1. The van der Waals surface area contributed by atoms with Crippen LogP contribution in [0.2, 0.25) is 0 Å². The van der Waals surface area contributed by atoms with Crippen LogP contribution in [-0.4, -0.2) is 34.7 Å². The van der Waals surface area contributed by atoms with Gasteiger partial charge in [-0.25, -0.2) is 4.98 Å². The Morgan fingerprint density at radius 3 is 2.33 bits per heavy atom. The second kappa shape index (κ2) is 4.07. The molecule has 6 heteroatoms. The minimum Gasteiger partial charge on any atom is -0.506 e. The van der Waals surface area contributed by atoms with E-state index < -0.39 is 18.3 Å². The third-order valence-electron chi connectivity index (χ3n) is 3.55. The highest BCUT2D eigenvalue weighted by atomic mass is 16.7. The lowest BCUT2D eigenvalue weighted by Gasteiger charge is -2.32. The van der Waals surface area contributed by atoms with Gasteiger partial charge in [0.1, 0.15) is 11.4 Å². The van der Waals surface area contributed by atoms with Gasteiger partial charge in [0.15, 0.2) is 6.29 Å². The summed E-state index contributed by atoms with van der Waals surface area (Å²) < 4.78 is 11.6. The molecule has 0 aliphatic carbocycles. The third-order valence-corrected chi connectivity index (χ3v) is 3.55. The predicted octanol–water partition coefficient (Wildman–Crippen LogP) is 0.899. The monoisotopic (exact) mass is 249 g/mol. The molecule has 1 N–H and O–H groups in total. The molecule has 0 bridgehead atoms. The van der Waals surface area contributed by atoms with Gasteiger partial charge in [0.2, 0.25) is 0 Å². The van der Waals surface area contributed by atoms with Gasteiger partial charge in [0.05, 0.1) is 17.4 Å². The first-order valence-corrected chi connectivity index (χ1v) is 5.76. The van der Waals surface area contributed by atoms with Crippen molar-refractivity contribution in [1.29, 1.82) is 0 Å². The van der Waals surface area contributed by atoms with Crippen LogP contribution in [0.25, 0.3) is 0 Å². The first-order valence-electron chi connectivity index (χ1n) is 5.76. The molecule has 2 rings (SSSR count). The smallest absolute Gasteiger partial charge is 0.497 e. The van der Waals surface area contributed by atoms with Crippen LogP contribution in [0.5, 0.6) is 5.75 Å². The summed E-state index contributed by atoms with van der Waals surface area (Å²) in [6.45, 7) is 7.68. The lowest BCUT2D eigenvalue weighted by molar-refractivity contribution is 0.00578. The third kappa shape index (κ3) is 2.02. The van der Waals surface area contributed by atoms with Crippen LogP contribution < -0.4 is 5.46 Å². The summed E-state index contributed by atoms with van der Waals surface area (Å²) in [4.78, 5) is 14.8. The molecule has 0 atom stereocenters. The number of hydrogen-bond acceptors (Lipinski definition) is 5. The Hall–Kier alpha value is -1.40. The van der Waals surface area contributed by atoms with Crippen LogP contribution >= 0.6 is 0 Å². The molecule has 1 fully saturated rings. The Morgan fingerprint density at radius 2 is 1.83 bits per heavy atom. The second-order valence-corrected chi connectivity index (χ2v) is 5.37. The highest BCUT2D eigenvalue weighted by Gasteiger charge is 2.52. The van der Waals surface area contributed by atoms with Crippen molar-refractivity contribution in [1.82, 2.24) is 4.98 Å². The molecule has 0 unspecified atom stereocenters. The standard InChI is InChI=1S/C12H16BNO4/c1-11(2)12(3,4)18-13(17-11)9-5-8(16)6-14-10(9)7-15/h5-7,16H,1-4H3. The number of hydrogen-bond donors (Lipinski definition) is 1. The van der Waals surface area contributed by atoms with Crippen molar-refractivity contribution >= 4 is 18.9 Å². The predicted molar refractivity (Wildman–Crippen MR) is 67.0 cm³/mol. The van der Waals surface area contributed by atoms with Gasteiger partial charge in [0.25, 0.3) is 0 Å². The summed E-state index contributed by atoms with van der Waals surface area (Å²) in [6.07, 6.45) is 1.85. The maximum Gasteiger partial charge on any atom is 0.497 e. The van der Waals surface area contributed by atoms with Gasteiger partial charge in [-0.05, 0) is 33.8 Å². The fourth-order valence-corrected chi connectivity index (χ4v) is 1.74. The van der Waals surface area contributed by atoms with E-state index in [2.05, 4.69) is 4.98 Å². The molecule has 1 saturated heterocycles. The van der Waals surface area contributed by atoms with Gasteiger partial charge in [-0.3, -0.25) is 4.79 Å². The van der Waals surface area contributed by atoms with Crippen molar-refractivity contribution in [3.8, 4) is 5.75 Å². The van der Waals surface area contributed by atoms with Crippen LogP contribution in [0.4, 0.5) is 0 Å². The molecular weight excluding hydrogens is 233 g/mol. The zero-order valence-electron chi connectivity index (χ0n) is 10.9. The highest BCUT2D eigenvalue weighted by molar-refractivity contribution is 6.63. The van der Waals surface area contributed by atoms with Gasteiger partial charge in [-0.1, -0.05) is 0 Å². The van der Waals surface area contributed by atoms with Crippen molar-refractivity contribution in [2.24, 2.45) is 0 Å². The normalized spacial score (nSPS) is 21.0. The molecule has 0 amide bonds. The summed E-state index contributed by atoms with van der Waals surface area (Å²) in [5.74, 6) is -0.0229. The van der Waals surface area contributed by atoms with Crippen LogP contribution in [0, 0.1) is 0 Å². The Kier molecular flexibility index (Phi) is 2.95. The van der Waals surface area contributed by atoms with Crippen LogP contribution in [0.3, 0.4) is 0 Å². The molecule has 0 saturated carbocycles. The number of rotatable bonds is 2. The molecule has 0 aromatic carbocycles. The molecule has 96 valence electrons. The number of nitrogens with zero attached hydrogens (tertiary/aromatic N) is 1. The number of aromatic hydroxyl groups is 1. The van der Waals surface area contributed by atoms with Crippen LogP contribution in [-0.2, 0) is 9.31 Å². The molecule has 1 aliphatic rings. The maximum absolute atomic E-state index is 11.0. The number of pyridine rings is 1. The largest absolute Gasteiger partial charge is 0.506 e. The molecule has 18 heavy (non-hydrogen) atoms. The Bertz CT molecular complexity index is 471. The summed E-state index contributed by atoms with van der Waals surface area (Å²) >= 11 is 0. The van der Waals surface area contributed by atoms with E-state index in [1.165, 1.54) is 12.3 Å². The SMILES string of the molecule is CC1(C)OB(c2cc(O)cnc2C=O)OC1(C)C. The van der Waals surface area contributed by atoms with E-state index >= 15 is 0 Å². The first-order chi connectivity index (χ1) is 8.27. The fourth-order valence-electron chi connectivity index (χ4n) is 1.74. The quantitative estimate of drug-likeness (QED) is 0.622. The van der Waals surface area contributed by atoms with E-state index in [-0.39, 0.29) is 11.4 Å². The van der Waals surface area contributed by atoms with Gasteiger partial charge in [-0.15, -0.1) is 0 Å².